The van der Waals surface area contributed by atoms with Crippen LogP contribution in [0, 0.1) is 0 Å². The molecule has 0 radical (unpaired) electrons. The van der Waals surface area contributed by atoms with Crippen LogP contribution >= 0.6 is 24.4 Å². The van der Waals surface area contributed by atoms with Gasteiger partial charge in [-0.3, -0.25) is 4.79 Å². The lowest BCUT2D eigenvalue weighted by atomic mass is 10.4. The lowest BCUT2D eigenvalue weighted by Gasteiger charge is -2.12. The van der Waals surface area contributed by atoms with E-state index in [1.807, 2.05) is 16.7 Å². The fraction of sp³-hybridized carbons (Fsp3) is 0.833. The van der Waals surface area contributed by atoms with Crippen LogP contribution in [0.1, 0.15) is 6.42 Å². The van der Waals surface area contributed by atoms with Crippen LogP contribution < -0.4 is 0 Å². The molecular weight excluding hydrogens is 166 g/mol. The van der Waals surface area contributed by atoms with E-state index in [1.54, 1.807) is 0 Å². The van der Waals surface area contributed by atoms with Crippen molar-refractivity contribution in [2.45, 2.75) is 6.42 Å². The Morgan fingerprint density at radius 3 is 3.00 bits per heavy atom. The molecule has 0 spiro atoms. The molecule has 0 bridgehead atoms. The summed E-state index contributed by atoms with van der Waals surface area (Å²) in [6.07, 6.45) is 0.587. The zero-order valence-electron chi connectivity index (χ0n) is 5.75. The smallest absolute Gasteiger partial charge is 0.224 e. The first-order chi connectivity index (χ1) is 4.84. The van der Waals surface area contributed by atoms with Crippen molar-refractivity contribution in [3.05, 3.63) is 0 Å². The molecule has 0 unspecified atom stereocenters. The first kappa shape index (κ1) is 8.27. The summed E-state index contributed by atoms with van der Waals surface area (Å²) in [4.78, 5) is 13.0. The van der Waals surface area contributed by atoms with Gasteiger partial charge in [0, 0.05) is 18.7 Å². The zero-order chi connectivity index (χ0) is 7.40. The maximum Gasteiger partial charge on any atom is 0.224 e. The minimum Gasteiger partial charge on any atom is -0.333 e. The SMILES string of the molecule is O=C(CCS)N1CCSC1. The van der Waals surface area contributed by atoms with E-state index in [0.717, 1.165) is 18.2 Å². The van der Waals surface area contributed by atoms with Crippen LogP contribution in [0.4, 0.5) is 0 Å². The maximum atomic E-state index is 11.1. The topological polar surface area (TPSA) is 20.3 Å². The molecule has 2 nitrogen and oxygen atoms in total. The Bertz CT molecular complexity index is 123. The van der Waals surface area contributed by atoms with E-state index in [2.05, 4.69) is 12.6 Å². The molecule has 0 aromatic rings. The molecule has 0 atom stereocenters. The number of hydrogen-bond donors (Lipinski definition) is 1. The molecule has 0 N–H and O–H groups in total. The standard InChI is InChI=1S/C6H11NOS2/c8-6(1-3-9)7-2-4-10-5-7/h9H,1-5H2. The molecule has 0 aliphatic carbocycles. The Morgan fingerprint density at radius 2 is 2.50 bits per heavy atom. The molecule has 1 fully saturated rings. The summed E-state index contributed by atoms with van der Waals surface area (Å²) in [7, 11) is 0. The number of thioether (sulfide) groups is 1. The number of carbonyl (C=O) groups excluding carboxylic acids is 1. The molecule has 1 amide bonds. The van der Waals surface area contributed by atoms with Crippen molar-refractivity contribution < 1.29 is 4.79 Å². The highest BCUT2D eigenvalue weighted by molar-refractivity contribution is 7.99. The number of thiol groups is 1. The minimum absolute atomic E-state index is 0.250. The van der Waals surface area contributed by atoms with E-state index >= 15 is 0 Å². The number of hydrogen-bond acceptors (Lipinski definition) is 3. The van der Waals surface area contributed by atoms with E-state index in [4.69, 9.17) is 0 Å². The Kier molecular flexibility index (Phi) is 3.42. The Balaban J connectivity index is 2.25. The van der Waals surface area contributed by atoms with Crippen molar-refractivity contribution in [1.82, 2.24) is 4.90 Å². The summed E-state index contributed by atoms with van der Waals surface area (Å²) in [6.45, 7) is 0.928. The second kappa shape index (κ2) is 4.13. The average molecular weight is 177 g/mol. The van der Waals surface area contributed by atoms with Gasteiger partial charge < -0.3 is 4.90 Å². The maximum absolute atomic E-state index is 11.1. The summed E-state index contributed by atoms with van der Waals surface area (Å²) < 4.78 is 0. The van der Waals surface area contributed by atoms with E-state index in [0.29, 0.717) is 12.2 Å². The van der Waals surface area contributed by atoms with E-state index < -0.39 is 0 Å². The normalized spacial score (nSPS) is 17.9. The molecule has 0 aromatic heterocycles. The van der Waals surface area contributed by atoms with E-state index in [-0.39, 0.29) is 5.91 Å². The third-order valence-electron chi connectivity index (χ3n) is 1.43. The molecule has 1 rings (SSSR count). The van der Waals surface area contributed by atoms with Crippen LogP contribution in [0.3, 0.4) is 0 Å². The van der Waals surface area contributed by atoms with Crippen molar-refractivity contribution in [3.8, 4) is 0 Å². The number of nitrogens with zero attached hydrogens (tertiary/aromatic N) is 1. The fourth-order valence-electron chi connectivity index (χ4n) is 0.864. The van der Waals surface area contributed by atoms with E-state index in [1.165, 1.54) is 0 Å². The highest BCUT2D eigenvalue weighted by Gasteiger charge is 2.16. The molecule has 4 heteroatoms. The van der Waals surface area contributed by atoms with Crippen LogP contribution in [0.5, 0.6) is 0 Å². The fourth-order valence-corrected chi connectivity index (χ4v) is 2.03. The van der Waals surface area contributed by atoms with Crippen LogP contribution in [0.2, 0.25) is 0 Å². The van der Waals surface area contributed by atoms with E-state index in [9.17, 15) is 4.79 Å². The molecule has 1 aliphatic heterocycles. The summed E-state index contributed by atoms with van der Waals surface area (Å²) in [5.41, 5.74) is 0. The number of amides is 1. The van der Waals surface area contributed by atoms with Gasteiger partial charge in [-0.2, -0.15) is 12.6 Å². The Hall–Kier alpha value is 0.170. The van der Waals surface area contributed by atoms with Gasteiger partial charge in [0.2, 0.25) is 5.91 Å². The van der Waals surface area contributed by atoms with Crippen LogP contribution in [0.25, 0.3) is 0 Å². The van der Waals surface area contributed by atoms with Crippen molar-refractivity contribution in [2.75, 3.05) is 23.9 Å². The van der Waals surface area contributed by atoms with Gasteiger partial charge in [0.25, 0.3) is 0 Å². The predicted octanol–water partition coefficient (Wildman–Crippen LogP) is 0.839. The average Bonchev–Trinajstić information content (AvgIpc) is 2.38. The molecule has 1 heterocycles. The highest BCUT2D eigenvalue weighted by atomic mass is 32.2. The van der Waals surface area contributed by atoms with Gasteiger partial charge in [0.15, 0.2) is 0 Å². The first-order valence-corrected chi connectivity index (χ1v) is 5.09. The Morgan fingerprint density at radius 1 is 1.70 bits per heavy atom. The predicted molar refractivity (Wildman–Crippen MR) is 47.5 cm³/mol. The van der Waals surface area contributed by atoms with Gasteiger partial charge in [-0.15, -0.1) is 11.8 Å². The molecule has 10 heavy (non-hydrogen) atoms. The second-order valence-electron chi connectivity index (χ2n) is 2.17. The summed E-state index contributed by atoms with van der Waals surface area (Å²) in [5, 5.41) is 0. The Labute approximate surface area is 70.8 Å². The van der Waals surface area contributed by atoms with Gasteiger partial charge >= 0.3 is 0 Å². The zero-order valence-corrected chi connectivity index (χ0v) is 7.46. The molecule has 0 aromatic carbocycles. The minimum atomic E-state index is 0.250. The van der Waals surface area contributed by atoms with Crippen molar-refractivity contribution in [2.24, 2.45) is 0 Å². The molecule has 58 valence electrons. The summed E-state index contributed by atoms with van der Waals surface area (Å²) in [5.74, 6) is 2.89. The van der Waals surface area contributed by atoms with Crippen LogP contribution in [-0.4, -0.2) is 34.7 Å². The number of carbonyl (C=O) groups is 1. The lowest BCUT2D eigenvalue weighted by molar-refractivity contribution is -0.129. The summed E-state index contributed by atoms with van der Waals surface area (Å²) in [6, 6.07) is 0. The lowest BCUT2D eigenvalue weighted by Crippen LogP contribution is -2.27. The van der Waals surface area contributed by atoms with Crippen molar-refractivity contribution in [1.29, 1.82) is 0 Å². The van der Waals surface area contributed by atoms with Gasteiger partial charge in [0.05, 0.1) is 5.88 Å². The van der Waals surface area contributed by atoms with Gasteiger partial charge in [0.1, 0.15) is 0 Å². The van der Waals surface area contributed by atoms with Crippen molar-refractivity contribution >= 4 is 30.3 Å². The largest absolute Gasteiger partial charge is 0.333 e. The first-order valence-electron chi connectivity index (χ1n) is 3.31. The second-order valence-corrected chi connectivity index (χ2v) is 3.69. The molecule has 1 saturated heterocycles. The molecule has 0 saturated carbocycles. The molecule has 1 aliphatic rings. The third-order valence-corrected chi connectivity index (χ3v) is 2.62. The quantitative estimate of drug-likeness (QED) is 0.631. The molecular formula is C6H11NOS2. The van der Waals surface area contributed by atoms with Gasteiger partial charge in [-0.05, 0) is 5.75 Å². The number of rotatable bonds is 2. The van der Waals surface area contributed by atoms with Crippen LogP contribution in [-0.2, 0) is 4.79 Å². The summed E-state index contributed by atoms with van der Waals surface area (Å²) >= 11 is 5.81. The van der Waals surface area contributed by atoms with Gasteiger partial charge in [-0.1, -0.05) is 0 Å². The third kappa shape index (κ3) is 2.09. The van der Waals surface area contributed by atoms with Gasteiger partial charge in [-0.25, -0.2) is 0 Å². The van der Waals surface area contributed by atoms with Crippen molar-refractivity contribution in [3.63, 3.8) is 0 Å². The van der Waals surface area contributed by atoms with Crippen LogP contribution in [0.15, 0.2) is 0 Å². The monoisotopic (exact) mass is 177 g/mol. The highest BCUT2D eigenvalue weighted by Crippen LogP contribution is 2.13.